The molecule has 4 N–H and O–H groups in total. The molecule has 0 aromatic heterocycles. The summed E-state index contributed by atoms with van der Waals surface area (Å²) >= 11 is 0. The zero-order chi connectivity index (χ0) is 13.0. The van der Waals surface area contributed by atoms with Gasteiger partial charge in [0.15, 0.2) is 5.84 Å². The first-order valence-electron chi connectivity index (χ1n) is 5.61. The Kier molecular flexibility index (Phi) is 3.60. The SMILES string of the molecule is Cc1ccc(N=C(NO)c2ccccc2)c(N)c1. The zero-order valence-electron chi connectivity index (χ0n) is 10.1. The summed E-state index contributed by atoms with van der Waals surface area (Å²) in [5.74, 6) is 0.367. The van der Waals surface area contributed by atoms with Gasteiger partial charge in [-0.2, -0.15) is 0 Å². The van der Waals surface area contributed by atoms with Gasteiger partial charge >= 0.3 is 0 Å². The molecule has 0 unspecified atom stereocenters. The molecule has 0 fully saturated rings. The molecule has 2 aromatic carbocycles. The van der Waals surface area contributed by atoms with E-state index in [4.69, 9.17) is 10.9 Å². The molecule has 2 rings (SSSR count). The highest BCUT2D eigenvalue weighted by atomic mass is 16.5. The van der Waals surface area contributed by atoms with E-state index in [1.54, 1.807) is 0 Å². The van der Waals surface area contributed by atoms with Gasteiger partial charge in [0, 0.05) is 5.56 Å². The number of nitrogens with one attached hydrogen (secondary N) is 1. The molecule has 0 spiro atoms. The van der Waals surface area contributed by atoms with E-state index in [1.807, 2.05) is 55.5 Å². The summed E-state index contributed by atoms with van der Waals surface area (Å²) in [5.41, 5.74) is 11.1. The van der Waals surface area contributed by atoms with Crippen LogP contribution in [0.2, 0.25) is 0 Å². The van der Waals surface area contributed by atoms with Crippen molar-refractivity contribution in [3.63, 3.8) is 0 Å². The molecule has 0 saturated carbocycles. The van der Waals surface area contributed by atoms with Gasteiger partial charge in [-0.1, -0.05) is 36.4 Å². The Morgan fingerprint density at radius 3 is 2.50 bits per heavy atom. The Hall–Kier alpha value is -2.33. The van der Waals surface area contributed by atoms with Crippen molar-refractivity contribution in [2.75, 3.05) is 5.73 Å². The Morgan fingerprint density at radius 2 is 1.89 bits per heavy atom. The van der Waals surface area contributed by atoms with E-state index in [1.165, 1.54) is 0 Å². The minimum absolute atomic E-state index is 0.367. The van der Waals surface area contributed by atoms with Crippen LogP contribution >= 0.6 is 0 Å². The Labute approximate surface area is 106 Å². The van der Waals surface area contributed by atoms with Crippen molar-refractivity contribution in [3.8, 4) is 0 Å². The predicted molar refractivity (Wildman–Crippen MR) is 73.2 cm³/mol. The van der Waals surface area contributed by atoms with E-state index in [2.05, 4.69) is 10.5 Å². The van der Waals surface area contributed by atoms with Crippen LogP contribution in [0.5, 0.6) is 0 Å². The number of hydroxylamine groups is 1. The molecule has 0 atom stereocenters. The minimum atomic E-state index is 0.367. The first kappa shape index (κ1) is 12.1. The summed E-state index contributed by atoms with van der Waals surface area (Å²) < 4.78 is 0. The standard InChI is InChI=1S/C14H15N3O/c1-10-7-8-13(12(15)9-10)16-14(17-18)11-5-3-2-4-6-11/h2-9,18H,15H2,1H3,(H,16,17). The lowest BCUT2D eigenvalue weighted by Crippen LogP contribution is -2.19. The second-order valence-corrected chi connectivity index (χ2v) is 4.00. The molecule has 92 valence electrons. The van der Waals surface area contributed by atoms with Crippen LogP contribution in [0.15, 0.2) is 53.5 Å². The Bertz CT molecular complexity index is 565. The first-order chi connectivity index (χ1) is 8.70. The summed E-state index contributed by atoms with van der Waals surface area (Å²) in [6.45, 7) is 1.96. The molecule has 4 heteroatoms. The summed E-state index contributed by atoms with van der Waals surface area (Å²) in [4.78, 5) is 4.32. The smallest absolute Gasteiger partial charge is 0.157 e. The van der Waals surface area contributed by atoms with Crippen LogP contribution in [-0.4, -0.2) is 11.0 Å². The number of aliphatic imine (C=N–C) groups is 1. The highest BCUT2D eigenvalue weighted by Gasteiger charge is 2.03. The monoisotopic (exact) mass is 241 g/mol. The van der Waals surface area contributed by atoms with Crippen molar-refractivity contribution in [1.82, 2.24) is 5.48 Å². The lowest BCUT2D eigenvalue weighted by atomic mass is 10.2. The van der Waals surface area contributed by atoms with E-state index in [0.717, 1.165) is 11.1 Å². The van der Waals surface area contributed by atoms with Gasteiger partial charge in [-0.15, -0.1) is 0 Å². The number of nitrogen functional groups attached to an aromatic ring is 1. The highest BCUT2D eigenvalue weighted by molar-refractivity contribution is 6.00. The maximum atomic E-state index is 9.16. The molecule has 4 nitrogen and oxygen atoms in total. The number of aryl methyl sites for hydroxylation is 1. The molecule has 0 aliphatic carbocycles. The summed E-state index contributed by atoms with van der Waals surface area (Å²) in [5, 5.41) is 9.16. The first-order valence-corrected chi connectivity index (χ1v) is 5.61. The van der Waals surface area contributed by atoms with Crippen molar-refractivity contribution in [2.24, 2.45) is 4.99 Å². The molecular formula is C14H15N3O. The van der Waals surface area contributed by atoms with Gasteiger partial charge in [0.05, 0.1) is 11.4 Å². The number of nitrogens with zero attached hydrogens (tertiary/aromatic N) is 1. The van der Waals surface area contributed by atoms with Gasteiger partial charge < -0.3 is 5.73 Å². The third-order valence-electron chi connectivity index (χ3n) is 2.57. The summed E-state index contributed by atoms with van der Waals surface area (Å²) in [6.07, 6.45) is 0. The molecule has 2 aromatic rings. The van der Waals surface area contributed by atoms with Crippen LogP contribution in [0, 0.1) is 6.92 Å². The molecule has 0 aliphatic rings. The Balaban J connectivity index is 2.41. The van der Waals surface area contributed by atoms with E-state index in [9.17, 15) is 0 Å². The number of anilines is 1. The van der Waals surface area contributed by atoms with E-state index < -0.39 is 0 Å². The minimum Gasteiger partial charge on any atom is -0.397 e. The van der Waals surface area contributed by atoms with Crippen molar-refractivity contribution in [1.29, 1.82) is 0 Å². The van der Waals surface area contributed by atoms with Crippen molar-refractivity contribution >= 4 is 17.2 Å². The van der Waals surface area contributed by atoms with E-state index in [0.29, 0.717) is 17.2 Å². The average molecular weight is 241 g/mol. The van der Waals surface area contributed by atoms with Crippen LogP contribution in [0.4, 0.5) is 11.4 Å². The van der Waals surface area contributed by atoms with Crippen LogP contribution < -0.4 is 11.2 Å². The third kappa shape index (κ3) is 2.67. The number of hydrogen-bond donors (Lipinski definition) is 3. The zero-order valence-corrected chi connectivity index (χ0v) is 10.1. The second kappa shape index (κ2) is 5.33. The number of hydrogen-bond acceptors (Lipinski definition) is 3. The van der Waals surface area contributed by atoms with Crippen LogP contribution in [-0.2, 0) is 0 Å². The van der Waals surface area contributed by atoms with Crippen molar-refractivity contribution in [3.05, 3.63) is 59.7 Å². The third-order valence-corrected chi connectivity index (χ3v) is 2.57. The molecule has 0 amide bonds. The van der Waals surface area contributed by atoms with Gasteiger partial charge in [-0.05, 0) is 24.6 Å². The molecule has 18 heavy (non-hydrogen) atoms. The van der Waals surface area contributed by atoms with Gasteiger partial charge in [0.25, 0.3) is 0 Å². The highest BCUT2D eigenvalue weighted by Crippen LogP contribution is 2.23. The van der Waals surface area contributed by atoms with Gasteiger partial charge in [-0.3, -0.25) is 10.7 Å². The second-order valence-electron chi connectivity index (χ2n) is 4.00. The predicted octanol–water partition coefficient (Wildman–Crippen LogP) is 2.63. The molecule has 0 radical (unpaired) electrons. The maximum absolute atomic E-state index is 9.16. The lowest BCUT2D eigenvalue weighted by Gasteiger charge is -2.07. The van der Waals surface area contributed by atoms with Crippen LogP contribution in [0.3, 0.4) is 0 Å². The maximum Gasteiger partial charge on any atom is 0.157 e. The number of amidine groups is 1. The Morgan fingerprint density at radius 1 is 1.17 bits per heavy atom. The quantitative estimate of drug-likeness (QED) is 0.327. The van der Waals surface area contributed by atoms with Crippen molar-refractivity contribution < 1.29 is 5.21 Å². The number of rotatable bonds is 2. The molecule has 0 aliphatic heterocycles. The molecule has 0 bridgehead atoms. The van der Waals surface area contributed by atoms with Gasteiger partial charge in [0.1, 0.15) is 0 Å². The fraction of sp³-hybridized carbons (Fsp3) is 0.0714. The van der Waals surface area contributed by atoms with E-state index in [-0.39, 0.29) is 0 Å². The fourth-order valence-electron chi connectivity index (χ4n) is 1.65. The lowest BCUT2D eigenvalue weighted by molar-refractivity contribution is 0.235. The van der Waals surface area contributed by atoms with E-state index >= 15 is 0 Å². The molecule has 0 heterocycles. The van der Waals surface area contributed by atoms with Crippen molar-refractivity contribution in [2.45, 2.75) is 6.92 Å². The van der Waals surface area contributed by atoms with Gasteiger partial charge in [0.2, 0.25) is 0 Å². The molecular weight excluding hydrogens is 226 g/mol. The van der Waals surface area contributed by atoms with Gasteiger partial charge in [-0.25, -0.2) is 4.99 Å². The summed E-state index contributed by atoms with van der Waals surface area (Å²) in [7, 11) is 0. The number of benzene rings is 2. The number of nitrogens with two attached hydrogens (primary N) is 1. The average Bonchev–Trinajstić information content (AvgIpc) is 2.39. The fourth-order valence-corrected chi connectivity index (χ4v) is 1.65. The molecule has 0 saturated heterocycles. The summed E-state index contributed by atoms with van der Waals surface area (Å²) in [6, 6.07) is 15.0. The topological polar surface area (TPSA) is 70.6 Å². The van der Waals surface area contributed by atoms with Crippen LogP contribution in [0.1, 0.15) is 11.1 Å². The van der Waals surface area contributed by atoms with Crippen LogP contribution in [0.25, 0.3) is 0 Å². The largest absolute Gasteiger partial charge is 0.397 e. The normalized spacial score (nSPS) is 11.3.